The van der Waals surface area contributed by atoms with Crippen LogP contribution in [0.1, 0.15) is 15.9 Å². The van der Waals surface area contributed by atoms with E-state index in [1.54, 1.807) is 24.3 Å². The Morgan fingerprint density at radius 3 is 2.52 bits per heavy atom. The normalized spacial score (nSPS) is 10.3. The predicted octanol–water partition coefficient (Wildman–Crippen LogP) is 4.07. The molecule has 0 aromatic heterocycles. The lowest BCUT2D eigenvalue weighted by atomic mass is 10.1. The van der Waals surface area contributed by atoms with Crippen molar-refractivity contribution in [3.63, 3.8) is 0 Å². The summed E-state index contributed by atoms with van der Waals surface area (Å²) in [5, 5.41) is 10.6. The van der Waals surface area contributed by atoms with Crippen LogP contribution in [0.15, 0.2) is 30.3 Å². The van der Waals surface area contributed by atoms with Gasteiger partial charge in [0.05, 0.1) is 24.3 Å². The number of hydrogen-bond acceptors (Lipinski definition) is 5. The number of rotatable bonds is 5. The van der Waals surface area contributed by atoms with Crippen molar-refractivity contribution in [1.29, 1.82) is 0 Å². The first-order valence-electron chi connectivity index (χ1n) is 6.53. The average molecular weight is 357 g/mol. The molecule has 0 spiro atoms. The molecule has 0 atom stereocenters. The highest BCUT2D eigenvalue weighted by molar-refractivity contribution is 6.33. The Balaban J connectivity index is 2.38. The second kappa shape index (κ2) is 7.44. The van der Waals surface area contributed by atoms with Crippen LogP contribution < -0.4 is 9.47 Å². The van der Waals surface area contributed by atoms with Gasteiger partial charge in [0.1, 0.15) is 17.9 Å². The van der Waals surface area contributed by atoms with Crippen molar-refractivity contribution in [3.05, 3.63) is 51.5 Å². The van der Waals surface area contributed by atoms with Crippen LogP contribution in [0.3, 0.4) is 0 Å². The summed E-state index contributed by atoms with van der Waals surface area (Å²) in [6.07, 6.45) is 0. The van der Waals surface area contributed by atoms with Crippen molar-refractivity contribution in [2.45, 2.75) is 6.61 Å². The first kappa shape index (κ1) is 17.2. The molecule has 23 heavy (non-hydrogen) atoms. The SMILES string of the molecule is COC(=O)c1cc(COc2ccccc2Cl)c(Cl)c(OC)c1O. The van der Waals surface area contributed by atoms with E-state index in [2.05, 4.69) is 4.74 Å². The van der Waals surface area contributed by atoms with E-state index in [0.717, 1.165) is 0 Å². The van der Waals surface area contributed by atoms with Gasteiger partial charge < -0.3 is 19.3 Å². The monoisotopic (exact) mass is 356 g/mol. The van der Waals surface area contributed by atoms with Crippen LogP contribution in [0.5, 0.6) is 17.2 Å². The number of hydrogen-bond donors (Lipinski definition) is 1. The van der Waals surface area contributed by atoms with E-state index >= 15 is 0 Å². The van der Waals surface area contributed by atoms with Gasteiger partial charge in [0.15, 0.2) is 11.5 Å². The highest BCUT2D eigenvalue weighted by Crippen LogP contribution is 2.40. The van der Waals surface area contributed by atoms with Crippen molar-refractivity contribution in [3.8, 4) is 17.2 Å². The van der Waals surface area contributed by atoms with Crippen molar-refractivity contribution in [2.24, 2.45) is 0 Å². The number of carbonyl (C=O) groups excluding carboxylic acids is 1. The van der Waals surface area contributed by atoms with E-state index in [1.807, 2.05) is 0 Å². The summed E-state index contributed by atoms with van der Waals surface area (Å²) in [6, 6.07) is 8.34. The zero-order chi connectivity index (χ0) is 17.0. The second-order valence-corrected chi connectivity index (χ2v) is 5.27. The molecule has 2 aromatic carbocycles. The fraction of sp³-hybridized carbons (Fsp3) is 0.188. The summed E-state index contributed by atoms with van der Waals surface area (Å²) in [5.74, 6) is -0.647. The number of esters is 1. The van der Waals surface area contributed by atoms with Gasteiger partial charge in [0.25, 0.3) is 0 Å². The molecule has 7 heteroatoms. The molecule has 0 unspecified atom stereocenters. The molecule has 0 aliphatic heterocycles. The van der Waals surface area contributed by atoms with Crippen LogP contribution in [0.25, 0.3) is 0 Å². The highest BCUT2D eigenvalue weighted by Gasteiger charge is 2.22. The lowest BCUT2D eigenvalue weighted by Crippen LogP contribution is -2.06. The summed E-state index contributed by atoms with van der Waals surface area (Å²) in [7, 11) is 2.55. The van der Waals surface area contributed by atoms with Gasteiger partial charge in [-0.1, -0.05) is 35.3 Å². The van der Waals surface area contributed by atoms with Gasteiger partial charge in [-0.3, -0.25) is 0 Å². The minimum Gasteiger partial charge on any atom is -0.504 e. The zero-order valence-electron chi connectivity index (χ0n) is 12.4. The Morgan fingerprint density at radius 1 is 1.22 bits per heavy atom. The molecule has 0 saturated heterocycles. The summed E-state index contributed by atoms with van der Waals surface area (Å²) in [6.45, 7) is 0.0310. The van der Waals surface area contributed by atoms with Crippen molar-refractivity contribution >= 4 is 29.2 Å². The summed E-state index contributed by atoms with van der Waals surface area (Å²) < 4.78 is 15.3. The average Bonchev–Trinajstić information content (AvgIpc) is 2.55. The smallest absolute Gasteiger partial charge is 0.341 e. The van der Waals surface area contributed by atoms with Crippen molar-refractivity contribution in [1.82, 2.24) is 0 Å². The number of para-hydroxylation sites is 1. The summed E-state index contributed by atoms with van der Waals surface area (Å²) in [4.78, 5) is 11.8. The van der Waals surface area contributed by atoms with E-state index in [0.29, 0.717) is 16.3 Å². The van der Waals surface area contributed by atoms with E-state index < -0.39 is 5.97 Å². The minimum absolute atomic E-state index is 0.0210. The minimum atomic E-state index is -0.712. The Hall–Kier alpha value is -2.11. The first-order chi connectivity index (χ1) is 11.0. The fourth-order valence-electron chi connectivity index (χ4n) is 1.95. The van der Waals surface area contributed by atoms with Crippen LogP contribution in [0, 0.1) is 0 Å². The molecule has 2 rings (SSSR count). The second-order valence-electron chi connectivity index (χ2n) is 4.49. The maximum Gasteiger partial charge on any atom is 0.341 e. The van der Waals surface area contributed by atoms with E-state index in [-0.39, 0.29) is 28.7 Å². The number of halogens is 2. The molecule has 2 aromatic rings. The van der Waals surface area contributed by atoms with Crippen LogP contribution in [0.2, 0.25) is 10.0 Å². The molecule has 1 N–H and O–H groups in total. The van der Waals surface area contributed by atoms with E-state index in [1.165, 1.54) is 20.3 Å². The van der Waals surface area contributed by atoms with Gasteiger partial charge in [0, 0.05) is 5.56 Å². The van der Waals surface area contributed by atoms with Gasteiger partial charge in [-0.2, -0.15) is 0 Å². The summed E-state index contributed by atoms with van der Waals surface area (Å²) >= 11 is 12.2. The molecule has 0 bridgehead atoms. The van der Waals surface area contributed by atoms with Gasteiger partial charge in [-0.05, 0) is 18.2 Å². The van der Waals surface area contributed by atoms with Crippen LogP contribution in [-0.2, 0) is 11.3 Å². The zero-order valence-corrected chi connectivity index (χ0v) is 13.9. The molecule has 0 radical (unpaired) electrons. The number of phenols is 1. The highest BCUT2D eigenvalue weighted by atomic mass is 35.5. The lowest BCUT2D eigenvalue weighted by Gasteiger charge is -2.15. The largest absolute Gasteiger partial charge is 0.504 e. The van der Waals surface area contributed by atoms with Crippen LogP contribution in [0.4, 0.5) is 0 Å². The molecule has 0 aliphatic rings. The number of methoxy groups -OCH3 is 2. The number of aromatic hydroxyl groups is 1. The van der Waals surface area contributed by atoms with Crippen molar-refractivity contribution in [2.75, 3.05) is 14.2 Å². The maximum atomic E-state index is 11.8. The third-order valence-electron chi connectivity index (χ3n) is 3.10. The molecular weight excluding hydrogens is 343 g/mol. The quantitative estimate of drug-likeness (QED) is 0.817. The van der Waals surface area contributed by atoms with Gasteiger partial charge in [-0.25, -0.2) is 4.79 Å². The first-order valence-corrected chi connectivity index (χ1v) is 7.29. The number of benzene rings is 2. The van der Waals surface area contributed by atoms with Gasteiger partial charge >= 0.3 is 5.97 Å². The third kappa shape index (κ3) is 3.63. The maximum absolute atomic E-state index is 11.8. The summed E-state index contributed by atoms with van der Waals surface area (Å²) in [5.41, 5.74) is 0.383. The number of phenolic OH excluding ortho intramolecular Hbond substituents is 1. The molecule has 0 amide bonds. The molecule has 0 heterocycles. The number of carbonyl (C=O) groups is 1. The topological polar surface area (TPSA) is 65.0 Å². The Labute approximate surface area is 143 Å². The van der Waals surface area contributed by atoms with Crippen molar-refractivity contribution < 1.29 is 24.1 Å². The fourth-order valence-corrected chi connectivity index (χ4v) is 2.42. The molecular formula is C16H14Cl2O5. The van der Waals surface area contributed by atoms with Crippen LogP contribution in [-0.4, -0.2) is 25.3 Å². The van der Waals surface area contributed by atoms with E-state index in [9.17, 15) is 9.90 Å². The van der Waals surface area contributed by atoms with Gasteiger partial charge in [0.2, 0.25) is 0 Å². The Morgan fingerprint density at radius 2 is 1.91 bits per heavy atom. The molecule has 0 saturated carbocycles. The molecule has 5 nitrogen and oxygen atoms in total. The number of ether oxygens (including phenoxy) is 3. The van der Waals surface area contributed by atoms with Gasteiger partial charge in [-0.15, -0.1) is 0 Å². The van der Waals surface area contributed by atoms with E-state index in [4.69, 9.17) is 32.7 Å². The molecule has 0 fully saturated rings. The van der Waals surface area contributed by atoms with Crippen LogP contribution >= 0.6 is 23.2 Å². The molecule has 122 valence electrons. The lowest BCUT2D eigenvalue weighted by molar-refractivity contribution is 0.0596. The molecule has 0 aliphatic carbocycles. The standard InChI is InChI=1S/C16H14Cl2O5/c1-21-15-13(18)9(7-10(14(15)19)16(20)22-2)8-23-12-6-4-3-5-11(12)17/h3-7,19H,8H2,1-2H3. The predicted molar refractivity (Wildman–Crippen MR) is 86.8 cm³/mol. The Kier molecular flexibility index (Phi) is 5.58. The third-order valence-corrected chi connectivity index (χ3v) is 3.83. The Bertz CT molecular complexity index is 731.